The van der Waals surface area contributed by atoms with Crippen molar-refractivity contribution in [2.45, 2.75) is 44.6 Å². The first-order chi connectivity index (χ1) is 5.21. The lowest BCUT2D eigenvalue weighted by Crippen LogP contribution is -2.48. The topological polar surface area (TPSA) is 12.0 Å². The molecule has 1 N–H and O–H groups in total. The number of hydrogen-bond donors (Lipinski definition) is 1. The summed E-state index contributed by atoms with van der Waals surface area (Å²) in [6, 6.07) is 0. The standard InChI is InChI=1S/C8H15F2N/c1-2-11-8(7(9)10)5-3-4-6-8/h7,11H,2-6H2,1H3. The molecular formula is C8H15F2N. The first-order valence-electron chi connectivity index (χ1n) is 4.24. The Bertz CT molecular complexity index is 119. The highest BCUT2D eigenvalue weighted by atomic mass is 19.3. The predicted octanol–water partition coefficient (Wildman–Crippen LogP) is 2.17. The molecule has 66 valence electrons. The van der Waals surface area contributed by atoms with Crippen molar-refractivity contribution < 1.29 is 8.78 Å². The predicted molar refractivity (Wildman–Crippen MR) is 40.9 cm³/mol. The molecule has 1 aliphatic rings. The normalized spacial score (nSPS) is 22.9. The Hall–Kier alpha value is -0.180. The highest BCUT2D eigenvalue weighted by Crippen LogP contribution is 2.34. The minimum Gasteiger partial charge on any atom is -0.307 e. The van der Waals surface area contributed by atoms with Gasteiger partial charge >= 0.3 is 0 Å². The second kappa shape index (κ2) is 3.48. The van der Waals surface area contributed by atoms with Crippen molar-refractivity contribution in [2.75, 3.05) is 6.54 Å². The maximum atomic E-state index is 12.5. The lowest BCUT2D eigenvalue weighted by Gasteiger charge is -2.28. The summed E-state index contributed by atoms with van der Waals surface area (Å²) in [6.07, 6.45) is 0.955. The number of alkyl halides is 2. The first kappa shape index (κ1) is 8.91. The minimum absolute atomic E-state index is 0.637. The fourth-order valence-electron chi connectivity index (χ4n) is 1.83. The molecule has 11 heavy (non-hydrogen) atoms. The van der Waals surface area contributed by atoms with Gasteiger partial charge in [0.25, 0.3) is 6.43 Å². The molecule has 0 aromatic heterocycles. The third-order valence-corrected chi connectivity index (χ3v) is 2.44. The monoisotopic (exact) mass is 163 g/mol. The Balaban J connectivity index is 2.55. The summed E-state index contributed by atoms with van der Waals surface area (Å²) in [5.74, 6) is 0. The van der Waals surface area contributed by atoms with Gasteiger partial charge in [-0.25, -0.2) is 8.78 Å². The molecule has 1 rings (SSSR count). The third kappa shape index (κ3) is 1.70. The zero-order valence-corrected chi connectivity index (χ0v) is 6.87. The minimum atomic E-state index is -2.20. The van der Waals surface area contributed by atoms with E-state index in [1.807, 2.05) is 6.92 Å². The lowest BCUT2D eigenvalue weighted by atomic mass is 9.98. The van der Waals surface area contributed by atoms with Crippen molar-refractivity contribution >= 4 is 0 Å². The van der Waals surface area contributed by atoms with Crippen molar-refractivity contribution in [3.63, 3.8) is 0 Å². The smallest absolute Gasteiger partial charge is 0.256 e. The largest absolute Gasteiger partial charge is 0.307 e. The Morgan fingerprint density at radius 1 is 1.36 bits per heavy atom. The van der Waals surface area contributed by atoms with Crippen LogP contribution in [0.5, 0.6) is 0 Å². The van der Waals surface area contributed by atoms with Gasteiger partial charge in [-0.1, -0.05) is 19.8 Å². The maximum Gasteiger partial charge on any atom is 0.256 e. The van der Waals surface area contributed by atoms with Crippen LogP contribution >= 0.6 is 0 Å². The van der Waals surface area contributed by atoms with Crippen LogP contribution in [-0.4, -0.2) is 18.5 Å². The number of hydrogen-bond acceptors (Lipinski definition) is 1. The van der Waals surface area contributed by atoms with Crippen LogP contribution in [0.1, 0.15) is 32.6 Å². The average Bonchev–Trinajstić information content (AvgIpc) is 2.38. The zero-order chi connectivity index (χ0) is 8.32. The molecule has 0 radical (unpaired) electrons. The van der Waals surface area contributed by atoms with Crippen LogP contribution in [0, 0.1) is 0 Å². The summed E-state index contributed by atoms with van der Waals surface area (Å²) in [4.78, 5) is 0. The summed E-state index contributed by atoms with van der Waals surface area (Å²) in [5.41, 5.74) is -0.839. The molecule has 0 bridgehead atoms. The van der Waals surface area contributed by atoms with Crippen LogP contribution in [-0.2, 0) is 0 Å². The molecule has 3 heteroatoms. The molecule has 0 heterocycles. The molecule has 0 atom stereocenters. The number of rotatable bonds is 3. The van der Waals surface area contributed by atoms with Crippen LogP contribution in [0.15, 0.2) is 0 Å². The van der Waals surface area contributed by atoms with Crippen LogP contribution in [0.2, 0.25) is 0 Å². The molecule has 1 fully saturated rings. The van der Waals surface area contributed by atoms with Gasteiger partial charge in [-0.3, -0.25) is 0 Å². The summed E-state index contributed by atoms with van der Waals surface area (Å²) in [5, 5.41) is 2.91. The Kier molecular flexibility index (Phi) is 2.82. The van der Waals surface area contributed by atoms with Gasteiger partial charge in [-0.2, -0.15) is 0 Å². The Morgan fingerprint density at radius 3 is 2.27 bits per heavy atom. The molecule has 0 amide bonds. The van der Waals surface area contributed by atoms with Gasteiger partial charge in [0, 0.05) is 0 Å². The Labute approximate surface area is 66.2 Å². The summed E-state index contributed by atoms with van der Waals surface area (Å²) < 4.78 is 25.0. The van der Waals surface area contributed by atoms with E-state index >= 15 is 0 Å². The molecule has 0 aromatic rings. The second-order valence-corrected chi connectivity index (χ2v) is 3.19. The van der Waals surface area contributed by atoms with E-state index in [0.29, 0.717) is 19.4 Å². The van der Waals surface area contributed by atoms with Gasteiger partial charge in [0.2, 0.25) is 0 Å². The van der Waals surface area contributed by atoms with Crippen molar-refractivity contribution in [3.05, 3.63) is 0 Å². The van der Waals surface area contributed by atoms with Gasteiger partial charge in [0.05, 0.1) is 5.54 Å². The van der Waals surface area contributed by atoms with Crippen LogP contribution < -0.4 is 5.32 Å². The van der Waals surface area contributed by atoms with Gasteiger partial charge < -0.3 is 5.32 Å². The van der Waals surface area contributed by atoms with Crippen molar-refractivity contribution in [1.29, 1.82) is 0 Å². The summed E-state index contributed by atoms with van der Waals surface area (Å²) >= 11 is 0. The molecule has 1 saturated carbocycles. The molecule has 1 aliphatic carbocycles. The zero-order valence-electron chi connectivity index (χ0n) is 6.87. The molecule has 0 unspecified atom stereocenters. The summed E-state index contributed by atoms with van der Waals surface area (Å²) in [6.45, 7) is 2.52. The third-order valence-electron chi connectivity index (χ3n) is 2.44. The van der Waals surface area contributed by atoms with E-state index in [1.165, 1.54) is 0 Å². The van der Waals surface area contributed by atoms with Gasteiger partial charge in [-0.15, -0.1) is 0 Å². The lowest BCUT2D eigenvalue weighted by molar-refractivity contribution is 0.0344. The van der Waals surface area contributed by atoms with Crippen LogP contribution in [0.3, 0.4) is 0 Å². The molecular weight excluding hydrogens is 148 g/mol. The highest BCUT2D eigenvalue weighted by molar-refractivity contribution is 4.94. The van der Waals surface area contributed by atoms with E-state index in [-0.39, 0.29) is 0 Å². The first-order valence-corrected chi connectivity index (χ1v) is 4.24. The van der Waals surface area contributed by atoms with E-state index in [9.17, 15) is 8.78 Å². The van der Waals surface area contributed by atoms with Crippen molar-refractivity contribution in [2.24, 2.45) is 0 Å². The molecule has 0 spiro atoms. The molecule has 0 saturated heterocycles. The van der Waals surface area contributed by atoms with E-state index < -0.39 is 12.0 Å². The molecule has 0 aliphatic heterocycles. The van der Waals surface area contributed by atoms with E-state index in [0.717, 1.165) is 12.8 Å². The fraction of sp³-hybridized carbons (Fsp3) is 1.00. The average molecular weight is 163 g/mol. The Morgan fingerprint density at radius 2 is 1.91 bits per heavy atom. The van der Waals surface area contributed by atoms with Gasteiger partial charge in [0.1, 0.15) is 0 Å². The SMILES string of the molecule is CCNC1(C(F)F)CCCC1. The number of nitrogens with one attached hydrogen (secondary N) is 1. The van der Waals surface area contributed by atoms with Crippen molar-refractivity contribution in [3.8, 4) is 0 Å². The maximum absolute atomic E-state index is 12.5. The second-order valence-electron chi connectivity index (χ2n) is 3.19. The highest BCUT2D eigenvalue weighted by Gasteiger charge is 2.41. The van der Waals surface area contributed by atoms with E-state index in [4.69, 9.17) is 0 Å². The van der Waals surface area contributed by atoms with E-state index in [2.05, 4.69) is 5.32 Å². The van der Waals surface area contributed by atoms with Gasteiger partial charge in [-0.05, 0) is 19.4 Å². The number of halogens is 2. The molecule has 1 nitrogen and oxygen atoms in total. The van der Waals surface area contributed by atoms with Crippen LogP contribution in [0.25, 0.3) is 0 Å². The van der Waals surface area contributed by atoms with E-state index in [1.54, 1.807) is 0 Å². The summed E-state index contributed by atoms with van der Waals surface area (Å²) in [7, 11) is 0. The van der Waals surface area contributed by atoms with Gasteiger partial charge in [0.15, 0.2) is 0 Å². The fourth-order valence-corrected chi connectivity index (χ4v) is 1.83. The van der Waals surface area contributed by atoms with Crippen molar-refractivity contribution in [1.82, 2.24) is 5.32 Å². The van der Waals surface area contributed by atoms with Crippen LogP contribution in [0.4, 0.5) is 8.78 Å². The quantitative estimate of drug-likeness (QED) is 0.672. The molecule has 0 aromatic carbocycles.